The van der Waals surface area contributed by atoms with Gasteiger partial charge in [-0.25, -0.2) is 0 Å². The van der Waals surface area contributed by atoms with Crippen molar-refractivity contribution in [3.8, 4) is 0 Å². The third kappa shape index (κ3) is 2.69. The van der Waals surface area contributed by atoms with E-state index in [1.807, 2.05) is 27.7 Å². The van der Waals surface area contributed by atoms with Gasteiger partial charge < -0.3 is 10.6 Å². The highest BCUT2D eigenvalue weighted by Crippen LogP contribution is 2.70. The molecule has 4 aliphatic carbocycles. The van der Waals surface area contributed by atoms with Gasteiger partial charge in [-0.05, 0) is 55.8 Å². The number of ketones is 4. The number of fused-ring (bicyclic) bond motifs is 4. The quantitative estimate of drug-likeness (QED) is 0.308. The second kappa shape index (κ2) is 7.56. The lowest BCUT2D eigenvalue weighted by atomic mass is 9.64. The molecule has 0 spiro atoms. The second-order valence-electron chi connectivity index (χ2n) is 12.6. The summed E-state index contributed by atoms with van der Waals surface area (Å²) in [5.41, 5.74) is -5.55. The highest BCUT2D eigenvalue weighted by molar-refractivity contribution is 6.49. The van der Waals surface area contributed by atoms with Gasteiger partial charge in [-0.15, -0.1) is 0 Å². The fourth-order valence-corrected chi connectivity index (χ4v) is 7.68. The molecular weight excluding hydrogens is 448 g/mol. The monoisotopic (exact) mass is 486 g/mol. The van der Waals surface area contributed by atoms with Crippen molar-refractivity contribution < 1.29 is 28.8 Å². The summed E-state index contributed by atoms with van der Waals surface area (Å²) in [6, 6.07) is 0. The summed E-state index contributed by atoms with van der Waals surface area (Å²) in [4.78, 5) is 76.8. The zero-order chi connectivity index (χ0) is 26.2. The van der Waals surface area contributed by atoms with Crippen molar-refractivity contribution in [1.82, 2.24) is 10.6 Å². The van der Waals surface area contributed by atoms with Crippen molar-refractivity contribution in [2.24, 2.45) is 32.5 Å². The SMILES string of the molecule is CC12CCC(C(=O)NCCCCCNC(=O)C34CCC(C)(C(=O)C3=O)C4(C)C)(C(=O)C1=O)C2(C)C. The zero-order valence-corrected chi connectivity index (χ0v) is 21.8. The number of carbonyl (C=O) groups excluding carboxylic acids is 6. The topological polar surface area (TPSA) is 126 Å². The summed E-state index contributed by atoms with van der Waals surface area (Å²) < 4.78 is 0. The third-order valence-electron chi connectivity index (χ3n) is 11.3. The number of carbonyl (C=O) groups is 6. The van der Waals surface area contributed by atoms with Gasteiger partial charge in [0.25, 0.3) is 0 Å². The van der Waals surface area contributed by atoms with E-state index >= 15 is 0 Å². The Hall–Kier alpha value is -2.38. The summed E-state index contributed by atoms with van der Waals surface area (Å²) >= 11 is 0. The van der Waals surface area contributed by atoms with E-state index < -0.39 is 55.6 Å². The van der Waals surface area contributed by atoms with Gasteiger partial charge in [-0.1, -0.05) is 41.5 Å². The highest BCUT2D eigenvalue weighted by Gasteiger charge is 2.78. The average Bonchev–Trinajstić information content (AvgIpc) is 3.23. The molecule has 0 aromatic carbocycles. The first-order valence-corrected chi connectivity index (χ1v) is 12.8. The van der Waals surface area contributed by atoms with Crippen LogP contribution in [0.25, 0.3) is 0 Å². The summed E-state index contributed by atoms with van der Waals surface area (Å²) in [5.74, 6) is -2.67. The van der Waals surface area contributed by atoms with E-state index in [1.54, 1.807) is 13.8 Å². The predicted octanol–water partition coefficient (Wildman–Crippen LogP) is 2.32. The lowest BCUT2D eigenvalue weighted by molar-refractivity contribution is -0.149. The van der Waals surface area contributed by atoms with Crippen LogP contribution in [0.1, 0.15) is 86.5 Å². The molecule has 4 aliphatic rings. The summed E-state index contributed by atoms with van der Waals surface area (Å²) in [6.45, 7) is 11.7. The minimum atomic E-state index is -1.28. The molecule has 4 saturated carbocycles. The molecule has 0 saturated heterocycles. The molecule has 0 aromatic rings. The van der Waals surface area contributed by atoms with Crippen LogP contribution >= 0.6 is 0 Å². The molecule has 4 bridgehead atoms. The van der Waals surface area contributed by atoms with Crippen LogP contribution in [0.2, 0.25) is 0 Å². The maximum absolute atomic E-state index is 13.1. The molecule has 2 N–H and O–H groups in total. The lowest BCUT2D eigenvalue weighted by Gasteiger charge is -2.37. The zero-order valence-electron chi connectivity index (χ0n) is 21.8. The maximum atomic E-state index is 13.1. The van der Waals surface area contributed by atoms with Gasteiger partial charge in [0.1, 0.15) is 10.8 Å². The molecule has 0 aromatic heterocycles. The Balaban J connectivity index is 1.24. The number of hydrogen-bond acceptors (Lipinski definition) is 6. The van der Waals surface area contributed by atoms with Crippen molar-refractivity contribution in [3.63, 3.8) is 0 Å². The molecule has 4 fully saturated rings. The summed E-state index contributed by atoms with van der Waals surface area (Å²) in [7, 11) is 0. The van der Waals surface area contributed by atoms with Gasteiger partial charge in [0.15, 0.2) is 0 Å². The van der Waals surface area contributed by atoms with E-state index in [9.17, 15) is 28.8 Å². The lowest BCUT2D eigenvalue weighted by Crippen LogP contribution is -2.51. The van der Waals surface area contributed by atoms with Gasteiger partial charge in [0.05, 0.1) is 0 Å². The van der Waals surface area contributed by atoms with Crippen molar-refractivity contribution in [1.29, 1.82) is 0 Å². The number of rotatable bonds is 8. The Morgan fingerprint density at radius 2 is 0.914 bits per heavy atom. The Kier molecular flexibility index (Phi) is 5.55. The van der Waals surface area contributed by atoms with E-state index in [2.05, 4.69) is 10.6 Å². The molecule has 8 nitrogen and oxygen atoms in total. The number of Topliss-reactive ketones (excluding diaryl/α,β-unsaturated/α-hetero) is 4. The second-order valence-corrected chi connectivity index (χ2v) is 12.6. The molecule has 35 heavy (non-hydrogen) atoms. The highest BCUT2D eigenvalue weighted by atomic mass is 16.2. The molecule has 8 heteroatoms. The minimum absolute atomic E-state index is 0.356. The standard InChI is InChI=1S/C27H38N2O6/c1-22(2)24(5)10-12-26(22,18(32)16(24)30)20(34)28-14-8-7-9-15-29-21(35)27-13-11-25(6,23(27,3)4)17(31)19(27)33/h7-15H2,1-6H3,(H,28,34)(H,29,35). The molecular formula is C27H38N2O6. The van der Waals surface area contributed by atoms with Gasteiger partial charge >= 0.3 is 0 Å². The van der Waals surface area contributed by atoms with E-state index in [0.717, 1.165) is 6.42 Å². The van der Waals surface area contributed by atoms with Crippen LogP contribution in [-0.2, 0) is 28.8 Å². The van der Waals surface area contributed by atoms with Gasteiger partial charge in [-0.2, -0.15) is 0 Å². The molecule has 4 atom stereocenters. The number of hydrogen-bond donors (Lipinski definition) is 2. The number of unbranched alkanes of at least 4 members (excludes halogenated alkanes) is 2. The van der Waals surface area contributed by atoms with Crippen LogP contribution in [0.3, 0.4) is 0 Å². The van der Waals surface area contributed by atoms with Gasteiger partial charge in [-0.3, -0.25) is 28.8 Å². The first-order chi connectivity index (χ1) is 16.1. The number of amides is 2. The van der Waals surface area contributed by atoms with Crippen LogP contribution in [0.4, 0.5) is 0 Å². The van der Waals surface area contributed by atoms with Crippen LogP contribution in [0, 0.1) is 32.5 Å². The molecule has 192 valence electrons. The Morgan fingerprint density at radius 1 is 0.571 bits per heavy atom. The largest absolute Gasteiger partial charge is 0.355 e. The van der Waals surface area contributed by atoms with Crippen LogP contribution in [-0.4, -0.2) is 48.0 Å². The van der Waals surface area contributed by atoms with Crippen LogP contribution in [0.5, 0.6) is 0 Å². The first kappa shape index (κ1) is 25.7. The Morgan fingerprint density at radius 3 is 1.20 bits per heavy atom. The normalized spacial score (nSPS) is 38.3. The smallest absolute Gasteiger partial charge is 0.234 e. The van der Waals surface area contributed by atoms with Crippen molar-refractivity contribution in [2.75, 3.05) is 13.1 Å². The van der Waals surface area contributed by atoms with E-state index in [-0.39, 0.29) is 11.8 Å². The van der Waals surface area contributed by atoms with Crippen molar-refractivity contribution >= 4 is 34.9 Å². The fraction of sp³-hybridized carbons (Fsp3) is 0.778. The van der Waals surface area contributed by atoms with Gasteiger partial charge in [0.2, 0.25) is 34.9 Å². The van der Waals surface area contributed by atoms with E-state index in [4.69, 9.17) is 0 Å². The first-order valence-electron chi connectivity index (χ1n) is 12.8. The molecule has 0 aliphatic heterocycles. The van der Waals surface area contributed by atoms with Crippen molar-refractivity contribution in [3.05, 3.63) is 0 Å². The van der Waals surface area contributed by atoms with Crippen LogP contribution in [0.15, 0.2) is 0 Å². The maximum Gasteiger partial charge on any atom is 0.234 e. The Labute approximate surface area is 206 Å². The molecule has 4 unspecified atom stereocenters. The molecule has 0 radical (unpaired) electrons. The van der Waals surface area contributed by atoms with E-state index in [0.29, 0.717) is 51.6 Å². The molecule has 2 amide bonds. The predicted molar refractivity (Wildman–Crippen MR) is 127 cm³/mol. The molecule has 0 heterocycles. The van der Waals surface area contributed by atoms with Gasteiger partial charge in [0, 0.05) is 23.9 Å². The van der Waals surface area contributed by atoms with E-state index in [1.165, 1.54) is 0 Å². The fourth-order valence-electron chi connectivity index (χ4n) is 7.68. The summed E-state index contributed by atoms with van der Waals surface area (Å²) in [6.07, 6.45) is 3.93. The summed E-state index contributed by atoms with van der Waals surface area (Å²) in [5, 5.41) is 5.75. The van der Waals surface area contributed by atoms with Crippen LogP contribution < -0.4 is 10.6 Å². The van der Waals surface area contributed by atoms with Crippen molar-refractivity contribution in [2.45, 2.75) is 86.5 Å². The average molecular weight is 487 g/mol. The molecule has 4 rings (SSSR count). The minimum Gasteiger partial charge on any atom is -0.355 e. The Bertz CT molecular complexity index is 978. The third-order valence-corrected chi connectivity index (χ3v) is 11.3. The number of nitrogens with one attached hydrogen (secondary N) is 2.